The van der Waals surface area contributed by atoms with Gasteiger partial charge in [0.05, 0.1) is 16.8 Å². The number of pyridine rings is 1. The molecular weight excluding hydrogens is 692 g/mol. The van der Waals surface area contributed by atoms with Gasteiger partial charge in [0.15, 0.2) is 17.3 Å². The second kappa shape index (κ2) is 15.4. The smallest absolute Gasteiger partial charge is 0.428 e. The maximum absolute atomic E-state index is 14.0. The average molecular weight is 741 g/mol. The summed E-state index contributed by atoms with van der Waals surface area (Å²) >= 11 is 0. The fourth-order valence-corrected chi connectivity index (χ4v) is 5.59. The number of anilines is 1. The lowest BCUT2D eigenvalue weighted by Crippen LogP contribution is -2.60. The minimum absolute atomic E-state index is 0.0466. The first-order chi connectivity index (χ1) is 25.0. The van der Waals surface area contributed by atoms with Crippen LogP contribution in [0.3, 0.4) is 0 Å². The number of ketones is 1. The van der Waals surface area contributed by atoms with Crippen LogP contribution in [0.25, 0.3) is 16.5 Å². The summed E-state index contributed by atoms with van der Waals surface area (Å²) < 4.78 is 6.97. The molecule has 0 radical (unpaired) electrons. The van der Waals surface area contributed by atoms with Gasteiger partial charge in [0, 0.05) is 44.0 Å². The summed E-state index contributed by atoms with van der Waals surface area (Å²) in [6.07, 6.45) is 2.80. The Labute approximate surface area is 314 Å². The number of amides is 3. The number of ether oxygens (including phenoxy) is 1. The first-order valence-electron chi connectivity index (χ1n) is 17.2. The minimum Gasteiger partial charge on any atom is -0.465 e. The fourth-order valence-electron chi connectivity index (χ4n) is 5.59. The number of hydrogen-bond donors (Lipinski definition) is 4. The number of hydrazine groups is 1. The summed E-state index contributed by atoms with van der Waals surface area (Å²) in [7, 11) is 3.11. The molecule has 0 fully saturated rings. The van der Waals surface area contributed by atoms with Crippen molar-refractivity contribution in [2.75, 3.05) is 19.0 Å². The molecule has 4 N–H and O–H groups in total. The summed E-state index contributed by atoms with van der Waals surface area (Å²) in [5.41, 5.74) is 1.70. The van der Waals surface area contributed by atoms with E-state index >= 15 is 0 Å². The molecule has 15 heteroatoms. The Morgan fingerprint density at radius 2 is 1.78 bits per heavy atom. The number of fused-ring (bicyclic) bond motifs is 1. The zero-order chi connectivity index (χ0) is 40.3. The molecule has 3 aromatic rings. The van der Waals surface area contributed by atoms with Crippen molar-refractivity contribution in [3.8, 4) is 11.8 Å². The van der Waals surface area contributed by atoms with Crippen LogP contribution in [0.2, 0.25) is 0 Å². The number of carbonyl (C=O) groups excluding carboxylic acids is 3. The predicted octanol–water partition coefficient (Wildman–Crippen LogP) is 4.81. The molecule has 3 amide bonds. The van der Waals surface area contributed by atoms with E-state index < -0.39 is 46.6 Å². The Kier molecular flexibility index (Phi) is 11.6. The van der Waals surface area contributed by atoms with Crippen molar-refractivity contribution in [2.24, 2.45) is 12.5 Å². The number of allylic oxidation sites excluding steroid dienone is 2. The zero-order valence-electron chi connectivity index (χ0n) is 32.5. The van der Waals surface area contributed by atoms with Crippen LogP contribution in [-0.2, 0) is 16.6 Å². The Balaban J connectivity index is 1.87. The third-order valence-electron chi connectivity index (χ3n) is 8.12. The third kappa shape index (κ3) is 9.82. The molecule has 286 valence electrons. The van der Waals surface area contributed by atoms with Crippen molar-refractivity contribution < 1.29 is 29.0 Å². The molecule has 2 atom stereocenters. The van der Waals surface area contributed by atoms with Crippen molar-refractivity contribution in [2.45, 2.75) is 79.6 Å². The quantitative estimate of drug-likeness (QED) is 0.141. The maximum atomic E-state index is 14.0. The molecule has 0 saturated carbocycles. The van der Waals surface area contributed by atoms with Crippen LogP contribution < -0.4 is 21.6 Å². The Hall–Kier alpha value is -6.17. The monoisotopic (exact) mass is 740 g/mol. The molecule has 1 aromatic carbocycles. The van der Waals surface area contributed by atoms with E-state index in [1.165, 1.54) is 37.7 Å². The summed E-state index contributed by atoms with van der Waals surface area (Å²) in [5.74, 6) is 5.48. The van der Waals surface area contributed by atoms with Gasteiger partial charge >= 0.3 is 12.2 Å². The molecular formula is C39H48N8O7. The van der Waals surface area contributed by atoms with Gasteiger partial charge in [-0.05, 0) is 94.7 Å². The third-order valence-corrected chi connectivity index (χ3v) is 8.12. The lowest BCUT2D eigenvalue weighted by Gasteiger charge is -2.35. The number of carbonyl (C=O) groups is 4. The molecule has 0 spiro atoms. The lowest BCUT2D eigenvalue weighted by atomic mass is 9.95. The molecule has 15 nitrogen and oxygen atoms in total. The molecule has 2 aromatic heterocycles. The predicted molar refractivity (Wildman–Crippen MR) is 205 cm³/mol. The first-order valence-corrected chi connectivity index (χ1v) is 17.2. The number of rotatable bonds is 8. The van der Waals surface area contributed by atoms with Crippen LogP contribution in [0.1, 0.15) is 82.8 Å². The molecule has 0 aliphatic carbocycles. The summed E-state index contributed by atoms with van der Waals surface area (Å²) in [6, 6.07) is 7.35. The number of hydrogen-bond acceptors (Lipinski definition) is 10. The van der Waals surface area contributed by atoms with Gasteiger partial charge in [-0.15, -0.1) is 0 Å². The molecule has 1 aliphatic rings. The standard InChI is InChI=1S/C39H48N8O7/c1-23(47(35(51)52)22-37(4,5)6)34(50)43-39(18-16-26-12-14-29-27(20-26)13-15-30(49)45(29)10)21-28(17-19-40-39)32-31(24(2)48)33(42-25(3)41-32)44-46(11)36(53)54-38(7,8)9/h12-15,17,19-21,23,40H,22H2,1-11H3,(H,43,50)(H,51,52)(H,41,42,44). The summed E-state index contributed by atoms with van der Waals surface area (Å²) in [6.45, 7) is 15.3. The number of aromatic nitrogens is 3. The maximum Gasteiger partial charge on any atom is 0.428 e. The van der Waals surface area contributed by atoms with Crippen LogP contribution in [0, 0.1) is 24.2 Å². The highest BCUT2D eigenvalue weighted by Crippen LogP contribution is 2.29. The van der Waals surface area contributed by atoms with E-state index in [-0.39, 0.29) is 35.0 Å². The van der Waals surface area contributed by atoms with E-state index in [0.29, 0.717) is 16.7 Å². The molecule has 3 heterocycles. The summed E-state index contributed by atoms with van der Waals surface area (Å²) in [5, 5.41) is 17.9. The average Bonchev–Trinajstić information content (AvgIpc) is 3.06. The normalized spacial score (nSPS) is 15.9. The van der Waals surface area contributed by atoms with Gasteiger partial charge in [0.2, 0.25) is 5.91 Å². The fraction of sp³-hybridized carbons (Fsp3) is 0.410. The van der Waals surface area contributed by atoms with Crippen molar-refractivity contribution in [1.29, 1.82) is 0 Å². The van der Waals surface area contributed by atoms with Gasteiger partial charge in [-0.2, -0.15) is 0 Å². The zero-order valence-corrected chi connectivity index (χ0v) is 32.5. The Morgan fingerprint density at radius 3 is 2.39 bits per heavy atom. The highest BCUT2D eigenvalue weighted by molar-refractivity contribution is 6.04. The second-order valence-electron chi connectivity index (χ2n) is 15.3. The number of dihydropyridines is 1. The minimum atomic E-state index is -1.65. The van der Waals surface area contributed by atoms with Gasteiger partial charge in [-0.3, -0.25) is 24.7 Å². The summed E-state index contributed by atoms with van der Waals surface area (Å²) in [4.78, 5) is 74.6. The number of benzene rings is 1. The second-order valence-corrected chi connectivity index (χ2v) is 15.3. The van der Waals surface area contributed by atoms with E-state index in [2.05, 4.69) is 37.9 Å². The van der Waals surface area contributed by atoms with E-state index in [4.69, 9.17) is 4.74 Å². The highest BCUT2D eigenvalue weighted by Gasteiger charge is 2.36. The molecule has 2 unspecified atom stereocenters. The van der Waals surface area contributed by atoms with Crippen LogP contribution in [0.5, 0.6) is 0 Å². The van der Waals surface area contributed by atoms with Gasteiger partial charge < -0.3 is 25.0 Å². The van der Waals surface area contributed by atoms with Crippen molar-refractivity contribution in [3.05, 3.63) is 81.7 Å². The number of Topliss-reactive ketones (excluding diaryl/α,β-unsaturated/α-hetero) is 1. The number of nitrogens with one attached hydrogen (secondary N) is 3. The van der Waals surface area contributed by atoms with E-state index in [1.807, 2.05) is 20.8 Å². The van der Waals surface area contributed by atoms with Crippen LogP contribution in [-0.4, -0.2) is 84.3 Å². The van der Waals surface area contributed by atoms with E-state index in [9.17, 15) is 29.1 Å². The molecule has 4 rings (SSSR count). The molecule has 0 bridgehead atoms. The van der Waals surface area contributed by atoms with Crippen LogP contribution >= 0.6 is 0 Å². The van der Waals surface area contributed by atoms with E-state index in [1.54, 1.807) is 71.2 Å². The first kappa shape index (κ1) is 40.6. The lowest BCUT2D eigenvalue weighted by molar-refractivity contribution is -0.126. The van der Waals surface area contributed by atoms with Gasteiger partial charge in [0.1, 0.15) is 17.5 Å². The van der Waals surface area contributed by atoms with Crippen molar-refractivity contribution >= 4 is 46.2 Å². The number of nitrogens with zero attached hydrogens (tertiary/aromatic N) is 5. The van der Waals surface area contributed by atoms with Gasteiger partial charge in [0.25, 0.3) is 5.56 Å². The Bertz CT molecular complexity index is 2180. The molecule has 0 saturated heterocycles. The number of aryl methyl sites for hydroxylation is 2. The Morgan fingerprint density at radius 1 is 1.09 bits per heavy atom. The topological polar surface area (TPSA) is 188 Å². The number of carboxylic acid groups (broad SMARTS) is 1. The SMILES string of the molecule is CC(=O)c1c(NN(C)C(=O)OC(C)(C)C)nc(C)nc1C1=CC(C#Cc2ccc3c(ccc(=O)n3C)c2)(NC(=O)C(C)N(CC(C)(C)C)C(=O)O)NC=C1. The van der Waals surface area contributed by atoms with Crippen molar-refractivity contribution in [1.82, 2.24) is 35.1 Å². The largest absolute Gasteiger partial charge is 0.465 e. The van der Waals surface area contributed by atoms with Crippen LogP contribution in [0.4, 0.5) is 15.4 Å². The van der Waals surface area contributed by atoms with E-state index in [0.717, 1.165) is 15.3 Å². The van der Waals surface area contributed by atoms with Gasteiger partial charge in [-0.1, -0.05) is 26.7 Å². The van der Waals surface area contributed by atoms with Crippen molar-refractivity contribution in [3.63, 3.8) is 0 Å². The van der Waals surface area contributed by atoms with Gasteiger partial charge in [-0.25, -0.2) is 24.6 Å². The highest BCUT2D eigenvalue weighted by atomic mass is 16.6. The molecule has 1 aliphatic heterocycles. The van der Waals surface area contributed by atoms with Crippen LogP contribution in [0.15, 0.2) is 53.5 Å². The molecule has 54 heavy (non-hydrogen) atoms.